The fourth-order valence-electron chi connectivity index (χ4n) is 2.60. The van der Waals surface area contributed by atoms with Crippen molar-refractivity contribution in [3.63, 3.8) is 0 Å². The normalized spacial score (nSPS) is 10.7. The zero-order valence-corrected chi connectivity index (χ0v) is 19.2. The number of carbonyl (C=O) groups is 2. The maximum absolute atomic E-state index is 12.8. The molecule has 3 aromatic rings. The molecule has 0 fully saturated rings. The van der Waals surface area contributed by atoms with Gasteiger partial charge in [-0.25, -0.2) is 4.79 Å². The third-order valence-corrected chi connectivity index (χ3v) is 6.53. The molecule has 0 spiro atoms. The number of benzene rings is 2. The Labute approximate surface area is 193 Å². The third-order valence-electron chi connectivity index (χ3n) is 3.96. The molecule has 0 aliphatic heterocycles. The van der Waals surface area contributed by atoms with E-state index in [1.165, 1.54) is 13.2 Å². The van der Waals surface area contributed by atoms with E-state index in [1.807, 2.05) is 0 Å². The molecule has 0 atom stereocenters. The lowest BCUT2D eigenvalue weighted by Crippen LogP contribution is -2.15. The van der Waals surface area contributed by atoms with E-state index in [0.29, 0.717) is 11.1 Å². The van der Waals surface area contributed by atoms with Gasteiger partial charge in [-0.05, 0) is 17.7 Å². The zero-order chi connectivity index (χ0) is 21.3. The van der Waals surface area contributed by atoms with Crippen LogP contribution in [0.1, 0.15) is 20.7 Å². The summed E-state index contributed by atoms with van der Waals surface area (Å²) in [5.41, 5.74) is 1.08. The number of rotatable bonds is 5. The van der Waals surface area contributed by atoms with Gasteiger partial charge >= 0.3 is 5.97 Å². The molecule has 2 N–H and O–H groups in total. The van der Waals surface area contributed by atoms with E-state index in [9.17, 15) is 14.7 Å². The fraction of sp³-hybridized carbons (Fsp3) is 0.0526. The van der Waals surface area contributed by atoms with Crippen LogP contribution in [0.15, 0.2) is 40.2 Å². The zero-order valence-electron chi connectivity index (χ0n) is 14.6. The molecule has 0 radical (unpaired) electrons. The van der Waals surface area contributed by atoms with Crippen molar-refractivity contribution in [3.05, 3.63) is 66.4 Å². The summed E-state index contributed by atoms with van der Waals surface area (Å²) in [6, 6.07) is 8.53. The van der Waals surface area contributed by atoms with Crippen LogP contribution in [0.4, 0.5) is 5.00 Å². The predicted octanol–water partition coefficient (Wildman–Crippen LogP) is 7.10. The van der Waals surface area contributed by atoms with Crippen molar-refractivity contribution in [3.8, 4) is 16.9 Å². The molecule has 10 heteroatoms. The molecule has 0 aliphatic rings. The van der Waals surface area contributed by atoms with Crippen molar-refractivity contribution >= 4 is 78.9 Å². The van der Waals surface area contributed by atoms with Crippen LogP contribution in [0, 0.1) is 0 Å². The summed E-state index contributed by atoms with van der Waals surface area (Å²) in [6.07, 6.45) is 0. The minimum Gasteiger partial charge on any atom is -0.495 e. The third kappa shape index (κ3) is 4.39. The molecular weight excluding hydrogens is 525 g/mol. The first kappa shape index (κ1) is 21.9. The van der Waals surface area contributed by atoms with Gasteiger partial charge in [0.05, 0.1) is 22.7 Å². The van der Waals surface area contributed by atoms with E-state index in [2.05, 4.69) is 21.2 Å². The molecule has 1 amide bonds. The van der Waals surface area contributed by atoms with Crippen LogP contribution in [0.5, 0.6) is 5.75 Å². The molecule has 1 heterocycles. The number of amides is 1. The minimum atomic E-state index is -1.18. The maximum Gasteiger partial charge on any atom is 0.339 e. The summed E-state index contributed by atoms with van der Waals surface area (Å²) in [4.78, 5) is 24.7. The lowest BCUT2D eigenvalue weighted by atomic mass is 10.0. The van der Waals surface area contributed by atoms with E-state index in [0.717, 1.165) is 15.8 Å². The molecule has 150 valence electrons. The number of methoxy groups -OCH3 is 1. The molecule has 2 aromatic carbocycles. The van der Waals surface area contributed by atoms with Gasteiger partial charge in [0, 0.05) is 21.5 Å². The second kappa shape index (κ2) is 8.93. The Morgan fingerprint density at radius 3 is 2.34 bits per heavy atom. The maximum atomic E-state index is 12.8. The van der Waals surface area contributed by atoms with E-state index in [-0.39, 0.29) is 36.9 Å². The highest BCUT2D eigenvalue weighted by molar-refractivity contribution is 9.10. The molecule has 0 saturated heterocycles. The topological polar surface area (TPSA) is 75.6 Å². The van der Waals surface area contributed by atoms with Crippen LogP contribution in [0.3, 0.4) is 0 Å². The van der Waals surface area contributed by atoms with E-state index in [4.69, 9.17) is 39.5 Å². The van der Waals surface area contributed by atoms with Crippen molar-refractivity contribution in [2.45, 2.75) is 0 Å². The lowest BCUT2D eigenvalue weighted by Gasteiger charge is -2.12. The van der Waals surface area contributed by atoms with Gasteiger partial charge in [0.15, 0.2) is 0 Å². The van der Waals surface area contributed by atoms with Crippen LogP contribution >= 0.6 is 62.1 Å². The Bertz CT molecular complexity index is 1120. The molecule has 29 heavy (non-hydrogen) atoms. The Kier molecular flexibility index (Phi) is 6.76. The summed E-state index contributed by atoms with van der Waals surface area (Å²) < 4.78 is 5.92. The van der Waals surface area contributed by atoms with Crippen LogP contribution < -0.4 is 10.1 Å². The number of halogens is 4. The summed E-state index contributed by atoms with van der Waals surface area (Å²) >= 11 is 22.9. The van der Waals surface area contributed by atoms with Crippen molar-refractivity contribution in [1.29, 1.82) is 0 Å². The first-order valence-electron chi connectivity index (χ1n) is 7.88. The Balaban J connectivity index is 2.01. The first-order chi connectivity index (χ1) is 13.7. The van der Waals surface area contributed by atoms with Crippen molar-refractivity contribution in [2.75, 3.05) is 12.4 Å². The average molecular weight is 536 g/mol. The quantitative estimate of drug-likeness (QED) is 0.342. The first-order valence-corrected chi connectivity index (χ1v) is 10.7. The lowest BCUT2D eigenvalue weighted by molar-refractivity contribution is 0.0699. The number of ether oxygens (including phenoxy) is 1. The summed E-state index contributed by atoms with van der Waals surface area (Å²) in [5.74, 6) is -1.64. The number of carbonyl (C=O) groups excluding carboxylic acids is 1. The molecule has 1 aromatic heterocycles. The Morgan fingerprint density at radius 1 is 1.10 bits per heavy atom. The van der Waals surface area contributed by atoms with Crippen molar-refractivity contribution in [1.82, 2.24) is 0 Å². The van der Waals surface area contributed by atoms with Gasteiger partial charge in [0.1, 0.15) is 21.3 Å². The van der Waals surface area contributed by atoms with Crippen molar-refractivity contribution in [2.24, 2.45) is 0 Å². The summed E-state index contributed by atoms with van der Waals surface area (Å²) in [7, 11) is 1.39. The molecule has 0 bridgehead atoms. The standard InChI is InChI=1S/C19H11BrCl3NO4S/c1-28-12-6-11(21)14(16(23)15(12)22)17(25)24-18-13(19(26)27)10(7-29-18)8-2-4-9(20)5-3-8/h2-7H,1H3,(H,24,25)(H,26,27). The van der Waals surface area contributed by atoms with Gasteiger partial charge in [-0.3, -0.25) is 4.79 Å². The summed E-state index contributed by atoms with van der Waals surface area (Å²) in [5, 5.41) is 14.1. The molecule has 0 unspecified atom stereocenters. The number of nitrogens with one attached hydrogen (secondary N) is 1. The number of hydrogen-bond donors (Lipinski definition) is 2. The fourth-order valence-corrected chi connectivity index (χ4v) is 4.66. The van der Waals surface area contributed by atoms with Gasteiger partial charge in [-0.2, -0.15) is 0 Å². The minimum absolute atomic E-state index is 0.0234. The van der Waals surface area contributed by atoms with E-state index < -0.39 is 11.9 Å². The van der Waals surface area contributed by atoms with Gasteiger partial charge in [-0.1, -0.05) is 62.9 Å². The summed E-state index contributed by atoms with van der Waals surface area (Å²) in [6.45, 7) is 0. The van der Waals surface area contributed by atoms with Gasteiger partial charge in [0.25, 0.3) is 5.91 Å². The number of anilines is 1. The predicted molar refractivity (Wildman–Crippen MR) is 120 cm³/mol. The van der Waals surface area contributed by atoms with Crippen molar-refractivity contribution < 1.29 is 19.4 Å². The average Bonchev–Trinajstić information content (AvgIpc) is 3.09. The highest BCUT2D eigenvalue weighted by atomic mass is 79.9. The van der Waals surface area contributed by atoms with Crippen LogP contribution in [-0.4, -0.2) is 24.1 Å². The highest BCUT2D eigenvalue weighted by Gasteiger charge is 2.25. The van der Waals surface area contributed by atoms with Gasteiger partial charge in [-0.15, -0.1) is 11.3 Å². The van der Waals surface area contributed by atoms with E-state index in [1.54, 1.807) is 29.6 Å². The van der Waals surface area contributed by atoms with Crippen LogP contribution in [-0.2, 0) is 0 Å². The second-order valence-corrected chi connectivity index (χ2v) is 8.64. The molecule has 3 rings (SSSR count). The van der Waals surface area contributed by atoms with E-state index >= 15 is 0 Å². The van der Waals surface area contributed by atoms with Crippen LogP contribution in [0.2, 0.25) is 15.1 Å². The number of carboxylic acids is 1. The van der Waals surface area contributed by atoms with Crippen LogP contribution in [0.25, 0.3) is 11.1 Å². The monoisotopic (exact) mass is 533 g/mol. The van der Waals surface area contributed by atoms with Gasteiger partial charge in [0.2, 0.25) is 0 Å². The number of aromatic carboxylic acids is 1. The Morgan fingerprint density at radius 2 is 1.76 bits per heavy atom. The second-order valence-electron chi connectivity index (χ2n) is 5.68. The number of carboxylic acid groups (broad SMARTS) is 1. The number of hydrogen-bond acceptors (Lipinski definition) is 4. The Hall–Kier alpha value is -1.77. The highest BCUT2D eigenvalue weighted by Crippen LogP contribution is 2.41. The smallest absolute Gasteiger partial charge is 0.339 e. The molecular formula is C19H11BrCl3NO4S. The largest absolute Gasteiger partial charge is 0.495 e. The molecule has 0 aliphatic carbocycles. The SMILES string of the molecule is COc1cc(Cl)c(C(=O)Nc2scc(-c3ccc(Br)cc3)c2C(=O)O)c(Cl)c1Cl. The molecule has 5 nitrogen and oxygen atoms in total. The van der Waals surface area contributed by atoms with Gasteiger partial charge < -0.3 is 15.2 Å². The molecule has 0 saturated carbocycles. The number of thiophene rings is 1.